The topological polar surface area (TPSA) is 88.4 Å². The van der Waals surface area contributed by atoms with Crippen LogP contribution in [0.3, 0.4) is 0 Å². The van der Waals surface area contributed by atoms with E-state index in [1.807, 2.05) is 25.1 Å². The fourth-order valence-electron chi connectivity index (χ4n) is 3.25. The largest absolute Gasteiger partial charge is 0.496 e. The zero-order valence-electron chi connectivity index (χ0n) is 16.1. The molecule has 6 nitrogen and oxygen atoms in total. The lowest BCUT2D eigenvalue weighted by Crippen LogP contribution is -2.60. The second-order valence-electron chi connectivity index (χ2n) is 7.19. The number of hydrogen-bond acceptors (Lipinski definition) is 6. The average Bonchev–Trinajstić information content (AvgIpc) is 2.66. The third-order valence-corrected chi connectivity index (χ3v) is 5.28. The Morgan fingerprint density at radius 3 is 2.61 bits per heavy atom. The van der Waals surface area contributed by atoms with Crippen molar-refractivity contribution in [3.8, 4) is 22.6 Å². The number of methoxy groups -OCH3 is 1. The minimum Gasteiger partial charge on any atom is -0.496 e. The van der Waals surface area contributed by atoms with Gasteiger partial charge in [0.1, 0.15) is 17.1 Å². The highest BCUT2D eigenvalue weighted by Crippen LogP contribution is 2.36. The molecular formula is C21H25ClO6. The summed E-state index contributed by atoms with van der Waals surface area (Å²) in [4.78, 5) is 0. The van der Waals surface area contributed by atoms with E-state index in [4.69, 9.17) is 25.8 Å². The quantitative estimate of drug-likeness (QED) is 0.705. The molecule has 0 bridgehead atoms. The van der Waals surface area contributed by atoms with Crippen molar-refractivity contribution in [2.45, 2.75) is 44.4 Å². The van der Waals surface area contributed by atoms with Crippen LogP contribution in [-0.2, 0) is 4.74 Å². The molecule has 4 atom stereocenters. The van der Waals surface area contributed by atoms with Crippen molar-refractivity contribution in [3.63, 3.8) is 0 Å². The van der Waals surface area contributed by atoms with E-state index in [0.29, 0.717) is 16.5 Å². The maximum atomic E-state index is 10.6. The molecule has 28 heavy (non-hydrogen) atoms. The van der Waals surface area contributed by atoms with Crippen LogP contribution in [0.5, 0.6) is 11.5 Å². The minimum absolute atomic E-state index is 0.137. The second kappa shape index (κ2) is 8.27. The molecule has 1 fully saturated rings. The molecule has 0 aromatic heterocycles. The molecular weight excluding hydrogens is 384 g/mol. The van der Waals surface area contributed by atoms with Crippen molar-refractivity contribution in [1.82, 2.24) is 0 Å². The van der Waals surface area contributed by atoms with Gasteiger partial charge in [0.15, 0.2) is 0 Å². The molecule has 0 aliphatic carbocycles. The first-order valence-corrected chi connectivity index (χ1v) is 9.42. The number of aliphatic hydroxyl groups is 3. The van der Waals surface area contributed by atoms with Gasteiger partial charge in [-0.1, -0.05) is 17.7 Å². The van der Waals surface area contributed by atoms with E-state index in [2.05, 4.69) is 0 Å². The van der Waals surface area contributed by atoms with Crippen molar-refractivity contribution < 1.29 is 29.5 Å². The van der Waals surface area contributed by atoms with Crippen molar-refractivity contribution in [3.05, 3.63) is 47.0 Å². The van der Waals surface area contributed by atoms with E-state index in [0.717, 1.165) is 16.7 Å². The van der Waals surface area contributed by atoms with Gasteiger partial charge in [0.25, 0.3) is 0 Å². The molecule has 3 unspecified atom stereocenters. The zero-order chi connectivity index (χ0) is 20.5. The van der Waals surface area contributed by atoms with Gasteiger partial charge < -0.3 is 29.5 Å². The Morgan fingerprint density at radius 2 is 1.96 bits per heavy atom. The fraction of sp³-hybridized carbons (Fsp3) is 0.429. The molecule has 1 heterocycles. The molecule has 7 heteroatoms. The van der Waals surface area contributed by atoms with E-state index in [9.17, 15) is 15.3 Å². The smallest absolute Gasteiger partial charge is 0.231 e. The van der Waals surface area contributed by atoms with E-state index < -0.39 is 24.1 Å². The molecule has 152 valence electrons. The van der Waals surface area contributed by atoms with Crippen LogP contribution in [0.25, 0.3) is 11.1 Å². The van der Waals surface area contributed by atoms with Crippen molar-refractivity contribution >= 4 is 11.6 Å². The molecule has 1 saturated heterocycles. The zero-order valence-corrected chi connectivity index (χ0v) is 16.8. The van der Waals surface area contributed by atoms with Crippen molar-refractivity contribution in [2.24, 2.45) is 0 Å². The van der Waals surface area contributed by atoms with E-state index in [-0.39, 0.29) is 13.0 Å². The SMILES string of the molecule is COc1cc(Cl)ccc1-c1ccc(OC2OC(CO)CC(O)[C@]2(C)O)c(C)c1. The monoisotopic (exact) mass is 408 g/mol. The van der Waals surface area contributed by atoms with Crippen LogP contribution in [0.2, 0.25) is 5.02 Å². The summed E-state index contributed by atoms with van der Waals surface area (Å²) in [5, 5.41) is 30.7. The lowest BCUT2D eigenvalue weighted by atomic mass is 9.90. The number of aliphatic hydroxyl groups excluding tert-OH is 2. The summed E-state index contributed by atoms with van der Waals surface area (Å²) < 4.78 is 16.9. The summed E-state index contributed by atoms with van der Waals surface area (Å²) in [6.45, 7) is 3.07. The molecule has 0 amide bonds. The van der Waals surface area contributed by atoms with Crippen LogP contribution in [0.1, 0.15) is 18.9 Å². The first kappa shape index (κ1) is 20.9. The van der Waals surface area contributed by atoms with Gasteiger partial charge in [0, 0.05) is 17.0 Å². The Morgan fingerprint density at radius 1 is 1.21 bits per heavy atom. The Kier molecular flexibility index (Phi) is 6.17. The number of ether oxygens (including phenoxy) is 3. The third-order valence-electron chi connectivity index (χ3n) is 5.04. The Hall–Kier alpha value is -1.83. The van der Waals surface area contributed by atoms with E-state index >= 15 is 0 Å². The number of halogens is 1. The normalized spacial score (nSPS) is 27.5. The number of rotatable bonds is 5. The summed E-state index contributed by atoms with van der Waals surface area (Å²) in [6, 6.07) is 11.0. The molecule has 1 aliphatic rings. The van der Waals surface area contributed by atoms with Crippen LogP contribution >= 0.6 is 11.6 Å². The predicted molar refractivity (Wildman–Crippen MR) is 106 cm³/mol. The van der Waals surface area contributed by atoms with Crippen LogP contribution in [0, 0.1) is 6.92 Å². The standard InChI is InChI=1S/C21H25ClO6/c1-12-8-13(16-6-5-14(22)9-18(16)26-3)4-7-17(12)28-20-21(2,25)19(24)10-15(11-23)27-20/h4-9,15,19-20,23-25H,10-11H2,1-3H3/t15?,19?,20?,21-/m0/s1. The van der Waals surface area contributed by atoms with Gasteiger partial charge in [-0.25, -0.2) is 0 Å². The van der Waals surface area contributed by atoms with Crippen molar-refractivity contribution in [2.75, 3.05) is 13.7 Å². The van der Waals surface area contributed by atoms with Crippen LogP contribution in [0.4, 0.5) is 0 Å². The fourth-order valence-corrected chi connectivity index (χ4v) is 3.41. The number of hydrogen-bond donors (Lipinski definition) is 3. The summed E-state index contributed by atoms with van der Waals surface area (Å²) in [6.07, 6.45) is -2.64. The van der Waals surface area contributed by atoms with Gasteiger partial charge in [-0.05, 0) is 55.3 Å². The van der Waals surface area contributed by atoms with Gasteiger partial charge in [-0.2, -0.15) is 0 Å². The molecule has 2 aromatic carbocycles. The molecule has 0 spiro atoms. The van der Waals surface area contributed by atoms with Crippen molar-refractivity contribution in [1.29, 1.82) is 0 Å². The summed E-state index contributed by atoms with van der Waals surface area (Å²) in [5.74, 6) is 1.17. The predicted octanol–water partition coefficient (Wildman–Crippen LogP) is 2.92. The average molecular weight is 409 g/mol. The minimum atomic E-state index is -1.60. The first-order valence-electron chi connectivity index (χ1n) is 9.04. The van der Waals surface area contributed by atoms with Crippen LogP contribution in [-0.4, -0.2) is 53.1 Å². The molecule has 1 aliphatic heterocycles. The highest BCUT2D eigenvalue weighted by Gasteiger charge is 2.48. The summed E-state index contributed by atoms with van der Waals surface area (Å²) >= 11 is 6.03. The molecule has 0 saturated carbocycles. The van der Waals surface area contributed by atoms with Gasteiger partial charge in [-0.15, -0.1) is 0 Å². The van der Waals surface area contributed by atoms with Crippen LogP contribution < -0.4 is 9.47 Å². The molecule has 0 radical (unpaired) electrons. The lowest BCUT2D eigenvalue weighted by molar-refractivity contribution is -0.283. The number of benzene rings is 2. The Balaban J connectivity index is 1.87. The van der Waals surface area contributed by atoms with E-state index in [1.54, 1.807) is 25.3 Å². The number of aryl methyl sites for hydroxylation is 1. The maximum absolute atomic E-state index is 10.6. The maximum Gasteiger partial charge on any atom is 0.231 e. The van der Waals surface area contributed by atoms with Gasteiger partial charge in [0.05, 0.1) is 25.9 Å². The van der Waals surface area contributed by atoms with Gasteiger partial charge in [-0.3, -0.25) is 0 Å². The highest BCUT2D eigenvalue weighted by atomic mass is 35.5. The lowest BCUT2D eigenvalue weighted by Gasteiger charge is -2.43. The highest BCUT2D eigenvalue weighted by molar-refractivity contribution is 6.30. The van der Waals surface area contributed by atoms with Gasteiger partial charge >= 0.3 is 0 Å². The van der Waals surface area contributed by atoms with Gasteiger partial charge in [0.2, 0.25) is 6.29 Å². The van der Waals surface area contributed by atoms with E-state index in [1.165, 1.54) is 6.92 Å². The molecule has 3 rings (SSSR count). The summed E-state index contributed by atoms with van der Waals surface area (Å²) in [5.41, 5.74) is 1.02. The first-order chi connectivity index (χ1) is 13.3. The second-order valence-corrected chi connectivity index (χ2v) is 7.63. The summed E-state index contributed by atoms with van der Waals surface area (Å²) in [7, 11) is 1.59. The van der Waals surface area contributed by atoms with Crippen LogP contribution in [0.15, 0.2) is 36.4 Å². The molecule has 2 aromatic rings. The molecule has 3 N–H and O–H groups in total. The Labute approximate surface area is 169 Å². The third kappa shape index (κ3) is 4.11. The Bertz CT molecular complexity index is 838.